The second-order valence-electron chi connectivity index (χ2n) is 8.02. The molecule has 30 heavy (non-hydrogen) atoms. The maximum absolute atomic E-state index is 12.2. The van der Waals surface area contributed by atoms with E-state index in [0.717, 1.165) is 72.1 Å². The molecule has 3 aliphatic rings. The van der Waals surface area contributed by atoms with Gasteiger partial charge in [-0.3, -0.25) is 0 Å². The molecule has 156 valence electrons. The van der Waals surface area contributed by atoms with E-state index in [9.17, 15) is 4.79 Å². The number of carbonyl (C=O) groups excluding carboxylic acids is 1. The topological polar surface area (TPSA) is 83.6 Å². The van der Waals surface area contributed by atoms with Crippen LogP contribution in [0.3, 0.4) is 0 Å². The smallest absolute Gasteiger partial charge is 0.410 e. The molecule has 6 rings (SSSR count). The molecule has 3 aromatic heterocycles. The number of ether oxygens (including phenoxy) is 2. The van der Waals surface area contributed by atoms with E-state index in [1.165, 1.54) is 4.88 Å². The Kier molecular flexibility index (Phi) is 4.38. The van der Waals surface area contributed by atoms with Gasteiger partial charge in [0.25, 0.3) is 0 Å². The normalized spacial score (nSPS) is 19.2. The van der Waals surface area contributed by atoms with Gasteiger partial charge in [0, 0.05) is 49.9 Å². The van der Waals surface area contributed by atoms with Crippen LogP contribution in [0.1, 0.15) is 23.4 Å². The largest absolute Gasteiger partial charge is 0.446 e. The molecule has 0 unspecified atom stereocenters. The number of hydrogen-bond acceptors (Lipinski definition) is 7. The van der Waals surface area contributed by atoms with Gasteiger partial charge in [-0.05, 0) is 25.0 Å². The van der Waals surface area contributed by atoms with E-state index in [1.807, 2.05) is 11.1 Å². The fourth-order valence-electron chi connectivity index (χ4n) is 4.08. The third kappa shape index (κ3) is 3.31. The maximum Gasteiger partial charge on any atom is 0.410 e. The van der Waals surface area contributed by atoms with Gasteiger partial charge in [0.2, 0.25) is 0 Å². The Morgan fingerprint density at radius 1 is 1.27 bits per heavy atom. The predicted molar refractivity (Wildman–Crippen MR) is 114 cm³/mol. The lowest BCUT2D eigenvalue weighted by Crippen LogP contribution is -2.49. The number of rotatable bonds is 3. The molecule has 3 aromatic rings. The Balaban J connectivity index is 1.23. The van der Waals surface area contributed by atoms with Crippen LogP contribution in [0.4, 0.5) is 10.5 Å². The molecule has 2 fully saturated rings. The van der Waals surface area contributed by atoms with Crippen molar-refractivity contribution in [1.29, 1.82) is 0 Å². The van der Waals surface area contributed by atoms with Gasteiger partial charge in [-0.1, -0.05) is 0 Å². The Hall–Kier alpha value is -2.65. The summed E-state index contributed by atoms with van der Waals surface area (Å²) in [5, 5.41) is 2.08. The second-order valence-corrected chi connectivity index (χ2v) is 9.11. The fourth-order valence-corrected chi connectivity index (χ4v) is 5.09. The van der Waals surface area contributed by atoms with Gasteiger partial charge in [-0.25, -0.2) is 14.8 Å². The van der Waals surface area contributed by atoms with Gasteiger partial charge >= 0.3 is 6.09 Å². The minimum Gasteiger partial charge on any atom is -0.446 e. The number of thiazole rings is 1. The summed E-state index contributed by atoms with van der Waals surface area (Å²) in [6.45, 7) is 4.31. The fraction of sp³-hybridized carbons (Fsp3) is 0.476. The second kappa shape index (κ2) is 7.24. The highest BCUT2D eigenvalue weighted by atomic mass is 32.1. The number of nitrogens with zero attached hydrogens (tertiary/aromatic N) is 4. The Morgan fingerprint density at radius 3 is 2.93 bits per heavy atom. The van der Waals surface area contributed by atoms with Crippen LogP contribution in [-0.4, -0.2) is 64.8 Å². The molecule has 1 N–H and O–H groups in total. The summed E-state index contributed by atoms with van der Waals surface area (Å²) >= 11 is 1.69. The first-order chi connectivity index (χ1) is 14.7. The number of fused-ring (bicyclic) bond motifs is 2. The van der Waals surface area contributed by atoms with E-state index in [-0.39, 0.29) is 12.2 Å². The number of aromatic nitrogens is 3. The number of H-pyrrole nitrogens is 1. The van der Waals surface area contributed by atoms with Crippen molar-refractivity contribution in [3.8, 4) is 10.7 Å². The molecule has 1 saturated carbocycles. The first kappa shape index (κ1) is 18.1. The van der Waals surface area contributed by atoms with Gasteiger partial charge < -0.3 is 24.3 Å². The average Bonchev–Trinajstić information content (AvgIpc) is 3.31. The zero-order chi connectivity index (χ0) is 20.1. The number of carbonyl (C=O) groups is 1. The third-order valence-electron chi connectivity index (χ3n) is 5.90. The van der Waals surface area contributed by atoms with Crippen LogP contribution in [0, 0.1) is 0 Å². The first-order valence-electron chi connectivity index (χ1n) is 10.5. The molecular weight excluding hydrogens is 402 g/mol. The summed E-state index contributed by atoms with van der Waals surface area (Å²) in [7, 11) is 0. The Labute approximate surface area is 177 Å². The Morgan fingerprint density at radius 2 is 2.13 bits per heavy atom. The van der Waals surface area contributed by atoms with Gasteiger partial charge in [0.1, 0.15) is 16.8 Å². The summed E-state index contributed by atoms with van der Waals surface area (Å²) < 4.78 is 11.0. The van der Waals surface area contributed by atoms with Crippen molar-refractivity contribution < 1.29 is 14.3 Å². The SMILES string of the molecule is O=C(OC1CC1)N1CCN(c2ccnc3[nH]c(-c4nc5c(s4)COCC5)cc23)CC1. The quantitative estimate of drug-likeness (QED) is 0.694. The summed E-state index contributed by atoms with van der Waals surface area (Å²) in [5.74, 6) is 0. The molecule has 1 amide bonds. The molecule has 0 radical (unpaired) electrons. The van der Waals surface area contributed by atoms with Crippen LogP contribution in [0.5, 0.6) is 0 Å². The van der Waals surface area contributed by atoms with Gasteiger partial charge in [-0.15, -0.1) is 11.3 Å². The number of hydrogen-bond donors (Lipinski definition) is 1. The summed E-state index contributed by atoms with van der Waals surface area (Å²) in [6.07, 6.45) is 4.71. The van der Waals surface area contributed by atoms with Crippen molar-refractivity contribution in [2.24, 2.45) is 0 Å². The van der Waals surface area contributed by atoms with E-state index in [1.54, 1.807) is 11.3 Å². The third-order valence-corrected chi connectivity index (χ3v) is 7.01. The van der Waals surface area contributed by atoms with Crippen molar-refractivity contribution in [3.63, 3.8) is 0 Å². The Bertz CT molecular complexity index is 1070. The summed E-state index contributed by atoms with van der Waals surface area (Å²) in [5.41, 5.74) is 4.16. The molecule has 1 saturated heterocycles. The molecule has 2 aliphatic heterocycles. The summed E-state index contributed by atoms with van der Waals surface area (Å²) in [6, 6.07) is 4.20. The van der Waals surface area contributed by atoms with Gasteiger partial charge in [0.15, 0.2) is 0 Å². The zero-order valence-corrected chi connectivity index (χ0v) is 17.4. The number of piperazine rings is 1. The standard InChI is InChI=1S/C21H23N5O3S/c27-21(29-13-1-2-13)26-8-6-25(7-9-26)17-3-5-22-19-14(17)11-16(23-19)20-24-15-4-10-28-12-18(15)30-20/h3,5,11,13H,1-2,4,6-10,12H2,(H,22,23). The average molecular weight is 426 g/mol. The van der Waals surface area contributed by atoms with Crippen molar-refractivity contribution in [3.05, 3.63) is 28.9 Å². The predicted octanol–water partition coefficient (Wildman–Crippen LogP) is 3.18. The molecule has 8 nitrogen and oxygen atoms in total. The van der Waals surface area contributed by atoms with Gasteiger partial charge in [-0.2, -0.15) is 0 Å². The van der Waals surface area contributed by atoms with Crippen molar-refractivity contribution >= 4 is 34.2 Å². The van der Waals surface area contributed by atoms with E-state index < -0.39 is 0 Å². The molecule has 0 bridgehead atoms. The molecule has 5 heterocycles. The molecule has 1 aliphatic carbocycles. The molecule has 0 aromatic carbocycles. The summed E-state index contributed by atoms with van der Waals surface area (Å²) in [4.78, 5) is 30.4. The number of pyridine rings is 1. The van der Waals surface area contributed by atoms with E-state index in [2.05, 4.69) is 27.0 Å². The van der Waals surface area contributed by atoms with Crippen LogP contribution in [-0.2, 0) is 22.5 Å². The molecular formula is C21H23N5O3S. The van der Waals surface area contributed by atoms with Crippen LogP contribution in [0.15, 0.2) is 18.3 Å². The number of aromatic amines is 1. The lowest BCUT2D eigenvalue weighted by molar-refractivity contribution is 0.0939. The first-order valence-corrected chi connectivity index (χ1v) is 11.3. The molecule has 9 heteroatoms. The monoisotopic (exact) mass is 425 g/mol. The van der Waals surface area contributed by atoms with Crippen LogP contribution < -0.4 is 4.90 Å². The van der Waals surface area contributed by atoms with E-state index in [0.29, 0.717) is 19.7 Å². The zero-order valence-electron chi connectivity index (χ0n) is 16.6. The van der Waals surface area contributed by atoms with Crippen LogP contribution >= 0.6 is 11.3 Å². The highest BCUT2D eigenvalue weighted by molar-refractivity contribution is 7.15. The minimum absolute atomic E-state index is 0.150. The number of anilines is 1. The lowest BCUT2D eigenvalue weighted by Gasteiger charge is -2.35. The van der Waals surface area contributed by atoms with Gasteiger partial charge in [0.05, 0.1) is 29.5 Å². The maximum atomic E-state index is 12.2. The molecule has 0 spiro atoms. The highest BCUT2D eigenvalue weighted by Gasteiger charge is 2.30. The van der Waals surface area contributed by atoms with Crippen molar-refractivity contribution in [2.45, 2.75) is 32.0 Å². The highest BCUT2D eigenvalue weighted by Crippen LogP contribution is 2.35. The van der Waals surface area contributed by atoms with Crippen LogP contribution in [0.2, 0.25) is 0 Å². The number of amides is 1. The van der Waals surface area contributed by atoms with E-state index >= 15 is 0 Å². The van der Waals surface area contributed by atoms with E-state index in [4.69, 9.17) is 14.5 Å². The minimum atomic E-state index is -0.169. The van der Waals surface area contributed by atoms with Crippen molar-refractivity contribution in [1.82, 2.24) is 19.9 Å². The number of nitrogens with one attached hydrogen (secondary N) is 1. The van der Waals surface area contributed by atoms with Crippen LogP contribution in [0.25, 0.3) is 21.7 Å². The lowest BCUT2D eigenvalue weighted by atomic mass is 10.2. The molecule has 0 atom stereocenters. The van der Waals surface area contributed by atoms with Crippen molar-refractivity contribution in [2.75, 3.05) is 37.7 Å².